The van der Waals surface area contributed by atoms with E-state index < -0.39 is 0 Å². The molecule has 0 bridgehead atoms. The van der Waals surface area contributed by atoms with E-state index in [9.17, 15) is 4.39 Å². The van der Waals surface area contributed by atoms with Crippen molar-refractivity contribution in [2.24, 2.45) is 0 Å². The summed E-state index contributed by atoms with van der Waals surface area (Å²) in [6, 6.07) is 21.4. The van der Waals surface area contributed by atoms with Gasteiger partial charge in [-0.2, -0.15) is 0 Å². The molecule has 0 fully saturated rings. The van der Waals surface area contributed by atoms with E-state index in [-0.39, 0.29) is 11.9 Å². The Labute approximate surface area is 174 Å². The van der Waals surface area contributed by atoms with Gasteiger partial charge in [0, 0.05) is 11.4 Å². The first-order valence-corrected chi connectivity index (χ1v) is 10.6. The molecular formula is C23H24FN4S+. The molecule has 3 aromatic carbocycles. The largest absolute Gasteiger partial charge is 0.331 e. The van der Waals surface area contributed by atoms with Gasteiger partial charge in [-0.05, 0) is 47.5 Å². The van der Waals surface area contributed by atoms with Crippen molar-refractivity contribution in [2.45, 2.75) is 23.9 Å². The highest BCUT2D eigenvalue weighted by atomic mass is 32.2. The first-order valence-electron chi connectivity index (χ1n) is 9.65. The highest BCUT2D eigenvalue weighted by Crippen LogP contribution is 2.29. The predicted octanol–water partition coefficient (Wildman–Crippen LogP) is 4.06. The Morgan fingerprint density at radius 1 is 0.966 bits per heavy atom. The van der Waals surface area contributed by atoms with Gasteiger partial charge in [0.2, 0.25) is 0 Å². The zero-order valence-corrected chi connectivity index (χ0v) is 17.6. The van der Waals surface area contributed by atoms with Crippen LogP contribution in [0.3, 0.4) is 0 Å². The second kappa shape index (κ2) is 8.35. The van der Waals surface area contributed by atoms with Crippen molar-refractivity contribution in [3.8, 4) is 5.69 Å². The predicted molar refractivity (Wildman–Crippen MR) is 116 cm³/mol. The average molecular weight is 408 g/mol. The maximum atomic E-state index is 13.5. The molecule has 0 unspecified atom stereocenters. The van der Waals surface area contributed by atoms with Gasteiger partial charge in [-0.15, -0.1) is 10.2 Å². The fraction of sp³-hybridized carbons (Fsp3) is 0.217. The molecule has 4 rings (SSSR count). The van der Waals surface area contributed by atoms with Crippen LogP contribution in [0.1, 0.15) is 24.4 Å². The summed E-state index contributed by atoms with van der Waals surface area (Å²) in [5.41, 5.74) is 2.13. The van der Waals surface area contributed by atoms with E-state index in [1.165, 1.54) is 33.4 Å². The van der Waals surface area contributed by atoms with Gasteiger partial charge >= 0.3 is 0 Å². The third-order valence-electron chi connectivity index (χ3n) is 5.23. The van der Waals surface area contributed by atoms with Gasteiger partial charge in [0.25, 0.3) is 0 Å². The van der Waals surface area contributed by atoms with Gasteiger partial charge in [-0.1, -0.05) is 54.2 Å². The van der Waals surface area contributed by atoms with Gasteiger partial charge in [0.1, 0.15) is 11.9 Å². The van der Waals surface area contributed by atoms with E-state index in [0.29, 0.717) is 0 Å². The second-order valence-electron chi connectivity index (χ2n) is 7.38. The molecule has 1 aromatic heterocycles. The summed E-state index contributed by atoms with van der Waals surface area (Å²) in [4.78, 5) is 1.26. The standard InChI is InChI=1S/C23H23FN4S/c1-16(27(2)3)22-25-26-23(28(22)20-13-11-19(24)12-14-20)29-15-18-9-6-8-17-7-4-5-10-21(17)18/h4-14,16H,15H2,1-3H3/p+1/t16-/m1/s1. The minimum atomic E-state index is -0.250. The summed E-state index contributed by atoms with van der Waals surface area (Å²) in [5.74, 6) is 1.40. The van der Waals surface area contributed by atoms with E-state index >= 15 is 0 Å². The first kappa shape index (κ1) is 19.6. The summed E-state index contributed by atoms with van der Waals surface area (Å²) in [5, 5.41) is 12.3. The molecule has 0 radical (unpaired) electrons. The highest BCUT2D eigenvalue weighted by Gasteiger charge is 2.23. The normalized spacial score (nSPS) is 12.6. The zero-order valence-electron chi connectivity index (χ0n) is 16.8. The molecule has 4 nitrogen and oxygen atoms in total. The monoisotopic (exact) mass is 407 g/mol. The second-order valence-corrected chi connectivity index (χ2v) is 8.32. The van der Waals surface area contributed by atoms with Gasteiger partial charge in [0.05, 0.1) is 14.1 Å². The Kier molecular flexibility index (Phi) is 5.65. The smallest absolute Gasteiger partial charge is 0.196 e. The molecule has 6 heteroatoms. The Morgan fingerprint density at radius 3 is 2.45 bits per heavy atom. The first-order chi connectivity index (χ1) is 14.0. The molecule has 1 N–H and O–H groups in total. The lowest BCUT2D eigenvalue weighted by Gasteiger charge is -2.18. The molecule has 0 saturated carbocycles. The van der Waals surface area contributed by atoms with Gasteiger partial charge < -0.3 is 4.90 Å². The summed E-state index contributed by atoms with van der Waals surface area (Å²) in [6.07, 6.45) is 0. The van der Waals surface area contributed by atoms with Crippen LogP contribution in [-0.2, 0) is 5.75 Å². The minimum absolute atomic E-state index is 0.152. The van der Waals surface area contributed by atoms with E-state index in [2.05, 4.69) is 73.7 Å². The topological polar surface area (TPSA) is 35.1 Å². The Balaban J connectivity index is 1.71. The number of aromatic nitrogens is 3. The third-order valence-corrected chi connectivity index (χ3v) is 6.21. The molecule has 1 heterocycles. The van der Waals surface area contributed by atoms with Crippen molar-refractivity contribution >= 4 is 22.5 Å². The van der Waals surface area contributed by atoms with Crippen LogP contribution in [0.2, 0.25) is 0 Å². The fourth-order valence-corrected chi connectivity index (χ4v) is 4.27. The molecule has 29 heavy (non-hydrogen) atoms. The number of hydrogen-bond acceptors (Lipinski definition) is 3. The van der Waals surface area contributed by atoms with Crippen molar-refractivity contribution < 1.29 is 9.29 Å². The minimum Gasteiger partial charge on any atom is -0.331 e. The number of rotatable bonds is 6. The molecule has 0 aliphatic rings. The fourth-order valence-electron chi connectivity index (χ4n) is 3.31. The van der Waals surface area contributed by atoms with Crippen molar-refractivity contribution in [1.29, 1.82) is 0 Å². The number of thioether (sulfide) groups is 1. The molecule has 0 aliphatic carbocycles. The molecule has 0 amide bonds. The Morgan fingerprint density at radius 2 is 1.69 bits per heavy atom. The highest BCUT2D eigenvalue weighted by molar-refractivity contribution is 7.98. The van der Waals surface area contributed by atoms with Gasteiger partial charge in [-0.25, -0.2) is 4.39 Å². The lowest BCUT2D eigenvalue weighted by atomic mass is 10.1. The van der Waals surface area contributed by atoms with E-state index in [4.69, 9.17) is 0 Å². The zero-order chi connectivity index (χ0) is 20.4. The van der Waals surface area contributed by atoms with E-state index in [0.717, 1.165) is 22.4 Å². The van der Waals surface area contributed by atoms with Crippen LogP contribution < -0.4 is 4.90 Å². The molecular weight excluding hydrogens is 383 g/mol. The van der Waals surface area contributed by atoms with E-state index in [1.54, 1.807) is 23.9 Å². The van der Waals surface area contributed by atoms with Gasteiger partial charge in [-0.3, -0.25) is 4.57 Å². The number of benzene rings is 3. The summed E-state index contributed by atoms with van der Waals surface area (Å²) in [7, 11) is 4.19. The lowest BCUT2D eigenvalue weighted by Crippen LogP contribution is -3.05. The molecule has 148 valence electrons. The van der Waals surface area contributed by atoms with Crippen molar-refractivity contribution in [3.05, 3.63) is 83.9 Å². The lowest BCUT2D eigenvalue weighted by molar-refractivity contribution is -0.890. The van der Waals surface area contributed by atoms with Gasteiger partial charge in [0.15, 0.2) is 11.0 Å². The molecule has 0 aliphatic heterocycles. The average Bonchev–Trinajstić information content (AvgIpc) is 3.16. The summed E-state index contributed by atoms with van der Waals surface area (Å²) in [6.45, 7) is 2.12. The van der Waals surface area contributed by atoms with Crippen LogP contribution in [0.25, 0.3) is 16.5 Å². The number of fused-ring (bicyclic) bond motifs is 1. The van der Waals surface area contributed by atoms with Crippen molar-refractivity contribution in [1.82, 2.24) is 14.8 Å². The molecule has 1 atom stereocenters. The van der Waals surface area contributed by atoms with Crippen LogP contribution in [0, 0.1) is 5.82 Å². The Hall–Kier alpha value is -2.70. The number of quaternary nitrogens is 1. The summed E-state index contributed by atoms with van der Waals surface area (Å²) >= 11 is 1.65. The number of hydrogen-bond donors (Lipinski definition) is 1. The summed E-state index contributed by atoms with van der Waals surface area (Å²) < 4.78 is 15.5. The molecule has 4 aromatic rings. The number of nitrogens with one attached hydrogen (secondary N) is 1. The maximum Gasteiger partial charge on any atom is 0.196 e. The Bertz CT molecular complexity index is 1120. The maximum absolute atomic E-state index is 13.5. The van der Waals surface area contributed by atoms with Crippen LogP contribution in [0.4, 0.5) is 4.39 Å². The molecule has 0 spiro atoms. The third kappa shape index (κ3) is 4.04. The van der Waals surface area contributed by atoms with Crippen LogP contribution in [0.5, 0.6) is 0 Å². The molecule has 0 saturated heterocycles. The number of nitrogens with zero attached hydrogens (tertiary/aromatic N) is 3. The van der Waals surface area contributed by atoms with E-state index in [1.807, 2.05) is 4.57 Å². The van der Waals surface area contributed by atoms with Crippen LogP contribution in [0.15, 0.2) is 71.9 Å². The SMILES string of the molecule is C[C@H](c1nnc(SCc2cccc3ccccc23)n1-c1ccc(F)cc1)[NH+](C)C. The van der Waals surface area contributed by atoms with Crippen molar-refractivity contribution in [3.63, 3.8) is 0 Å². The van der Waals surface area contributed by atoms with Crippen LogP contribution in [-0.4, -0.2) is 28.9 Å². The quantitative estimate of drug-likeness (QED) is 0.490. The number of halogens is 1. The van der Waals surface area contributed by atoms with Crippen LogP contribution >= 0.6 is 11.8 Å². The van der Waals surface area contributed by atoms with Crippen molar-refractivity contribution in [2.75, 3.05) is 14.1 Å².